The minimum Gasteiger partial charge on any atom is -0.321 e. The van der Waals surface area contributed by atoms with Crippen molar-refractivity contribution in [3.8, 4) is 28.1 Å². The maximum atomic E-state index is 17.6. The molecule has 2 aromatic heterocycles. The van der Waals surface area contributed by atoms with Crippen LogP contribution in [0.1, 0.15) is 54.4 Å². The maximum Gasteiger partial charge on any atom is 0.298 e. The van der Waals surface area contributed by atoms with E-state index in [9.17, 15) is 0 Å². The Hall–Kier alpha value is -7.83. The summed E-state index contributed by atoms with van der Waals surface area (Å²) in [7, 11) is 0. The molecule has 4 bridgehead atoms. The monoisotopic (exact) mass is 926 g/mol. The first kappa shape index (κ1) is 42.1. The molecule has 3 heterocycles. The van der Waals surface area contributed by atoms with E-state index < -0.39 is 5.92 Å². The van der Waals surface area contributed by atoms with E-state index in [0.29, 0.717) is 24.2 Å². The van der Waals surface area contributed by atoms with Crippen LogP contribution >= 0.6 is 0 Å². The molecule has 4 aliphatic carbocycles. The van der Waals surface area contributed by atoms with Crippen molar-refractivity contribution in [1.29, 1.82) is 0 Å². The zero-order chi connectivity index (χ0) is 47.3. The first-order valence-corrected chi connectivity index (χ1v) is 25.4. The molecular formula is C65H52F2N4. The smallest absolute Gasteiger partial charge is 0.298 e. The molecule has 4 fully saturated rings. The molecule has 5 aliphatic rings. The molecule has 15 rings (SSSR count). The summed E-state index contributed by atoms with van der Waals surface area (Å²) in [5.74, 6) is 0.184. The Labute approximate surface area is 413 Å². The van der Waals surface area contributed by atoms with Crippen molar-refractivity contribution in [2.45, 2.75) is 43.4 Å². The third kappa shape index (κ3) is 6.56. The average Bonchev–Trinajstić information content (AvgIpc) is 3.98. The van der Waals surface area contributed by atoms with Crippen molar-refractivity contribution in [3.05, 3.63) is 241 Å². The van der Waals surface area contributed by atoms with Crippen LogP contribution in [0.15, 0.2) is 219 Å². The normalized spacial score (nSPS) is 21.3. The number of benzene rings is 8. The zero-order valence-electron chi connectivity index (χ0n) is 39.4. The summed E-state index contributed by atoms with van der Waals surface area (Å²) in [6.45, 7) is 0.435. The lowest BCUT2D eigenvalue weighted by Crippen LogP contribution is -2.56. The summed E-state index contributed by atoms with van der Waals surface area (Å²) < 4.78 is 37.4. The minimum absolute atomic E-state index is 0.0584. The average molecular weight is 927 g/mol. The van der Waals surface area contributed by atoms with Gasteiger partial charge in [-0.05, 0) is 127 Å². The van der Waals surface area contributed by atoms with Gasteiger partial charge in [-0.3, -0.25) is 4.57 Å². The molecule has 8 aromatic carbocycles. The Bertz CT molecular complexity index is 3550. The van der Waals surface area contributed by atoms with Crippen molar-refractivity contribution >= 4 is 44.6 Å². The highest BCUT2D eigenvalue weighted by Crippen LogP contribution is 2.65. The van der Waals surface area contributed by atoms with Crippen LogP contribution in [0.2, 0.25) is 0 Å². The van der Waals surface area contributed by atoms with Crippen molar-refractivity contribution in [2.75, 3.05) is 16.5 Å². The number of hydrogen-bond acceptors (Lipinski definition) is 3. The molecule has 0 N–H and O–H groups in total. The van der Waals surface area contributed by atoms with Crippen molar-refractivity contribution < 1.29 is 8.78 Å². The summed E-state index contributed by atoms with van der Waals surface area (Å²) in [4.78, 5) is 9.58. The topological polar surface area (TPSA) is 24.3 Å². The number of rotatable bonds is 9. The molecule has 4 nitrogen and oxygen atoms in total. The highest BCUT2D eigenvalue weighted by atomic mass is 19.3. The molecular weight excluding hydrogens is 875 g/mol. The second-order valence-corrected chi connectivity index (χ2v) is 20.6. The van der Waals surface area contributed by atoms with Gasteiger partial charge < -0.3 is 9.80 Å². The summed E-state index contributed by atoms with van der Waals surface area (Å²) in [5, 5.41) is 1.94. The van der Waals surface area contributed by atoms with E-state index in [0.717, 1.165) is 78.8 Å². The fourth-order valence-electron chi connectivity index (χ4n) is 14.2. The van der Waals surface area contributed by atoms with Crippen LogP contribution in [0.4, 0.5) is 31.5 Å². The Kier molecular flexibility index (Phi) is 9.71. The van der Waals surface area contributed by atoms with E-state index in [1.807, 2.05) is 48.7 Å². The summed E-state index contributed by atoms with van der Waals surface area (Å²) >= 11 is 0. The zero-order valence-corrected chi connectivity index (χ0v) is 39.4. The van der Waals surface area contributed by atoms with Gasteiger partial charge in [-0.2, -0.15) is 8.78 Å². The number of aromatic nitrogens is 2. The fourth-order valence-corrected chi connectivity index (χ4v) is 14.2. The predicted molar refractivity (Wildman–Crippen MR) is 285 cm³/mol. The molecule has 10 aromatic rings. The predicted octanol–water partition coefficient (Wildman–Crippen LogP) is 16.6. The van der Waals surface area contributed by atoms with Crippen LogP contribution in [0.3, 0.4) is 0 Å². The number of hydrogen-bond donors (Lipinski definition) is 0. The van der Waals surface area contributed by atoms with Gasteiger partial charge in [0.1, 0.15) is 12.5 Å². The van der Waals surface area contributed by atoms with Gasteiger partial charge in [0.25, 0.3) is 5.92 Å². The molecule has 6 heteroatoms. The van der Waals surface area contributed by atoms with Gasteiger partial charge in [0.2, 0.25) is 0 Å². The molecule has 346 valence electrons. The maximum absolute atomic E-state index is 17.6. The van der Waals surface area contributed by atoms with E-state index in [4.69, 9.17) is 4.98 Å². The van der Waals surface area contributed by atoms with E-state index in [2.05, 4.69) is 154 Å². The van der Waals surface area contributed by atoms with Gasteiger partial charge in [0.15, 0.2) is 0 Å². The standard InChI is InChI=1S/C65H52F2N4/c66-65(67,49-22-14-23-53(39-49)69-42-70(60-29-13-12-28-59(60)69)63-54(45-16-4-1-5-17-45)25-15-26-55(63)46-18-6-2-7-19-46)50-30-31-57-56-24-10-11-27-58(56)71(61(57)40-50)62-41-48(32-33-68-62)64(47-20-8-3-9-21-47)51-35-43-34-44(37-51)38-52(64)36-43/h1-33,39-41,43-44,51-52H,34-38,42H2. The molecule has 0 atom stereocenters. The van der Waals surface area contributed by atoms with E-state index in [1.54, 1.807) is 30.3 Å². The van der Waals surface area contributed by atoms with Gasteiger partial charge in [-0.15, -0.1) is 0 Å². The van der Waals surface area contributed by atoms with Crippen LogP contribution in [-0.4, -0.2) is 16.2 Å². The molecule has 1 aliphatic heterocycles. The minimum atomic E-state index is -3.32. The Morgan fingerprint density at radius 1 is 0.465 bits per heavy atom. The van der Waals surface area contributed by atoms with E-state index in [1.165, 1.54) is 43.2 Å². The highest BCUT2D eigenvalue weighted by Gasteiger charge is 2.58. The number of alkyl halides is 2. The van der Waals surface area contributed by atoms with Gasteiger partial charge in [-0.1, -0.05) is 164 Å². The summed E-state index contributed by atoms with van der Waals surface area (Å²) in [6, 6.07) is 71.9. The molecule has 0 saturated heterocycles. The van der Waals surface area contributed by atoms with Gasteiger partial charge >= 0.3 is 0 Å². The SMILES string of the molecule is FC(F)(c1cccc(N2CN(c3c(-c4ccccc4)cccc3-c3ccccc3)c3ccccc32)c1)c1ccc2c3ccccc3n(-c3cc(C4(c5ccccc5)C5CC6CC(C5)CC4C6)ccn3)c2c1. The molecule has 0 unspecified atom stereocenters. The number of pyridine rings is 1. The quantitative estimate of drug-likeness (QED) is 0.144. The fraction of sp³-hybridized carbons (Fsp3) is 0.185. The Morgan fingerprint density at radius 3 is 1.73 bits per heavy atom. The van der Waals surface area contributed by atoms with Crippen LogP contribution in [0, 0.1) is 23.7 Å². The Morgan fingerprint density at radius 2 is 1.04 bits per heavy atom. The van der Waals surface area contributed by atoms with Crippen molar-refractivity contribution in [1.82, 2.24) is 9.55 Å². The van der Waals surface area contributed by atoms with Gasteiger partial charge in [0, 0.05) is 50.3 Å². The lowest BCUT2D eigenvalue weighted by Gasteiger charge is -2.62. The molecule has 71 heavy (non-hydrogen) atoms. The molecule has 0 spiro atoms. The number of anilines is 4. The van der Waals surface area contributed by atoms with Crippen LogP contribution < -0.4 is 9.80 Å². The summed E-state index contributed by atoms with van der Waals surface area (Å²) in [6.07, 6.45) is 8.38. The highest BCUT2D eigenvalue weighted by molar-refractivity contribution is 6.09. The van der Waals surface area contributed by atoms with Crippen LogP contribution in [0.25, 0.3) is 49.9 Å². The number of halogens is 2. The lowest BCUT2D eigenvalue weighted by atomic mass is 9.42. The third-order valence-corrected chi connectivity index (χ3v) is 16.9. The number of para-hydroxylation sites is 4. The largest absolute Gasteiger partial charge is 0.321 e. The van der Waals surface area contributed by atoms with E-state index in [-0.39, 0.29) is 16.5 Å². The second kappa shape index (κ2) is 16.4. The first-order chi connectivity index (χ1) is 34.9. The number of fused-ring (bicyclic) bond motifs is 4. The third-order valence-electron chi connectivity index (χ3n) is 16.9. The number of nitrogens with zero attached hydrogens (tertiary/aromatic N) is 4. The van der Waals surface area contributed by atoms with Gasteiger partial charge in [-0.25, -0.2) is 4.98 Å². The van der Waals surface area contributed by atoms with Crippen molar-refractivity contribution in [2.24, 2.45) is 23.7 Å². The molecule has 0 radical (unpaired) electrons. The van der Waals surface area contributed by atoms with Crippen LogP contribution in [-0.2, 0) is 11.3 Å². The van der Waals surface area contributed by atoms with E-state index >= 15 is 8.78 Å². The second-order valence-electron chi connectivity index (χ2n) is 20.6. The Balaban J connectivity index is 0.860. The molecule has 0 amide bonds. The summed E-state index contributed by atoms with van der Waals surface area (Å²) in [5.41, 5.74) is 12.3. The van der Waals surface area contributed by atoms with Gasteiger partial charge in [0.05, 0.1) is 28.1 Å². The first-order valence-electron chi connectivity index (χ1n) is 25.4. The van der Waals surface area contributed by atoms with Crippen LogP contribution in [0.5, 0.6) is 0 Å². The van der Waals surface area contributed by atoms with Crippen molar-refractivity contribution in [3.63, 3.8) is 0 Å². The molecule has 4 saturated carbocycles. The lowest BCUT2D eigenvalue weighted by molar-refractivity contribution is -0.0418.